The molecule has 0 aromatic carbocycles. The molecule has 0 saturated heterocycles. The topological polar surface area (TPSA) is 66.4 Å². The van der Waals surface area contributed by atoms with E-state index in [4.69, 9.17) is 0 Å². The average molecular weight is 235 g/mol. The molecule has 1 amide bonds. The minimum Gasteiger partial charge on any atom is -0.481 e. The van der Waals surface area contributed by atoms with E-state index in [1.165, 1.54) is 0 Å². The van der Waals surface area contributed by atoms with Crippen LogP contribution in [-0.2, 0) is 9.59 Å². The molecule has 4 atom stereocenters. The van der Waals surface area contributed by atoms with Gasteiger partial charge in [0.2, 0.25) is 5.91 Å². The molecule has 3 rings (SSSR count). The molecule has 4 nitrogen and oxygen atoms in total. The minimum atomic E-state index is -0.831. The molecule has 4 heteroatoms. The Labute approximate surface area is 100 Å². The van der Waals surface area contributed by atoms with Crippen molar-refractivity contribution in [2.24, 2.45) is 23.7 Å². The fraction of sp³-hybridized carbons (Fsp3) is 0.692. The van der Waals surface area contributed by atoms with Crippen molar-refractivity contribution in [1.29, 1.82) is 0 Å². The SMILES string of the molecule is CC1(NC(=O)C2C3C=CC(C3)C2C(=O)O)CC1. The van der Waals surface area contributed by atoms with Gasteiger partial charge in [0.25, 0.3) is 0 Å². The molecule has 3 aliphatic rings. The Bertz CT molecular complexity index is 411. The fourth-order valence-corrected chi connectivity index (χ4v) is 3.21. The summed E-state index contributed by atoms with van der Waals surface area (Å²) in [4.78, 5) is 23.5. The van der Waals surface area contributed by atoms with Crippen molar-refractivity contribution < 1.29 is 14.7 Å². The number of hydrogen-bond donors (Lipinski definition) is 2. The number of nitrogens with one attached hydrogen (secondary N) is 1. The van der Waals surface area contributed by atoms with Gasteiger partial charge in [0.05, 0.1) is 11.8 Å². The second kappa shape index (κ2) is 3.34. The first-order valence-electron chi connectivity index (χ1n) is 6.23. The van der Waals surface area contributed by atoms with Crippen LogP contribution in [0.3, 0.4) is 0 Å². The third-order valence-corrected chi connectivity index (χ3v) is 4.47. The monoisotopic (exact) mass is 235 g/mol. The Morgan fingerprint density at radius 1 is 1.24 bits per heavy atom. The molecule has 0 heterocycles. The first-order chi connectivity index (χ1) is 8.00. The smallest absolute Gasteiger partial charge is 0.307 e. The molecule has 2 N–H and O–H groups in total. The number of amides is 1. The molecule has 0 aromatic heterocycles. The van der Waals surface area contributed by atoms with Gasteiger partial charge in [-0.15, -0.1) is 0 Å². The summed E-state index contributed by atoms with van der Waals surface area (Å²) in [6, 6.07) is 0. The zero-order valence-corrected chi connectivity index (χ0v) is 9.85. The highest BCUT2D eigenvalue weighted by atomic mass is 16.4. The van der Waals surface area contributed by atoms with Crippen LogP contribution < -0.4 is 5.32 Å². The van der Waals surface area contributed by atoms with Crippen molar-refractivity contribution in [3.05, 3.63) is 12.2 Å². The van der Waals surface area contributed by atoms with Crippen LogP contribution in [-0.4, -0.2) is 22.5 Å². The van der Waals surface area contributed by atoms with Crippen LogP contribution in [0.4, 0.5) is 0 Å². The van der Waals surface area contributed by atoms with Crippen molar-refractivity contribution in [3.8, 4) is 0 Å². The highest BCUT2D eigenvalue weighted by Gasteiger charge is 2.53. The Morgan fingerprint density at radius 2 is 1.82 bits per heavy atom. The lowest BCUT2D eigenvalue weighted by Crippen LogP contribution is -2.44. The highest BCUT2D eigenvalue weighted by molar-refractivity contribution is 5.87. The third kappa shape index (κ3) is 1.66. The van der Waals surface area contributed by atoms with Crippen LogP contribution in [0.25, 0.3) is 0 Å². The standard InChI is InChI=1S/C13H17NO3/c1-13(4-5-13)14-11(15)9-7-2-3-8(6-7)10(9)12(16)17/h2-3,7-10H,4-6H2,1H3,(H,14,15)(H,16,17). The summed E-state index contributed by atoms with van der Waals surface area (Å²) in [5.74, 6) is -1.59. The number of aliphatic carboxylic acids is 1. The summed E-state index contributed by atoms with van der Waals surface area (Å²) >= 11 is 0. The van der Waals surface area contributed by atoms with Gasteiger partial charge in [0, 0.05) is 5.54 Å². The van der Waals surface area contributed by atoms with Gasteiger partial charge < -0.3 is 10.4 Å². The van der Waals surface area contributed by atoms with E-state index in [0.29, 0.717) is 0 Å². The first-order valence-corrected chi connectivity index (χ1v) is 6.23. The maximum Gasteiger partial charge on any atom is 0.307 e. The van der Waals surface area contributed by atoms with Crippen molar-refractivity contribution >= 4 is 11.9 Å². The van der Waals surface area contributed by atoms with E-state index in [9.17, 15) is 14.7 Å². The number of carboxylic acids is 1. The average Bonchev–Trinajstić information content (AvgIpc) is 2.74. The Balaban J connectivity index is 1.79. The Morgan fingerprint density at radius 3 is 2.35 bits per heavy atom. The predicted molar refractivity (Wildman–Crippen MR) is 61.1 cm³/mol. The lowest BCUT2D eigenvalue weighted by Gasteiger charge is -2.25. The van der Waals surface area contributed by atoms with E-state index in [0.717, 1.165) is 19.3 Å². The van der Waals surface area contributed by atoms with E-state index < -0.39 is 11.9 Å². The van der Waals surface area contributed by atoms with E-state index in [1.54, 1.807) is 0 Å². The lowest BCUT2D eigenvalue weighted by atomic mass is 9.82. The number of carbonyl (C=O) groups is 2. The minimum absolute atomic E-state index is 0.0558. The maximum absolute atomic E-state index is 12.2. The summed E-state index contributed by atoms with van der Waals surface area (Å²) in [6.45, 7) is 2.02. The van der Waals surface area contributed by atoms with Crippen LogP contribution in [0.5, 0.6) is 0 Å². The fourth-order valence-electron chi connectivity index (χ4n) is 3.21. The molecule has 0 spiro atoms. The van der Waals surface area contributed by atoms with Gasteiger partial charge in [-0.2, -0.15) is 0 Å². The Kier molecular flexibility index (Phi) is 2.12. The van der Waals surface area contributed by atoms with Crippen molar-refractivity contribution in [2.45, 2.75) is 31.7 Å². The van der Waals surface area contributed by atoms with Gasteiger partial charge in [-0.3, -0.25) is 9.59 Å². The predicted octanol–water partition coefficient (Wildman–Crippen LogP) is 1.18. The van der Waals surface area contributed by atoms with Crippen molar-refractivity contribution in [2.75, 3.05) is 0 Å². The van der Waals surface area contributed by atoms with E-state index >= 15 is 0 Å². The number of fused-ring (bicyclic) bond motifs is 2. The number of hydrogen-bond acceptors (Lipinski definition) is 2. The molecule has 3 aliphatic carbocycles. The van der Waals surface area contributed by atoms with Crippen molar-refractivity contribution in [1.82, 2.24) is 5.32 Å². The van der Waals surface area contributed by atoms with Crippen LogP contribution in [0, 0.1) is 23.7 Å². The van der Waals surface area contributed by atoms with Gasteiger partial charge in [-0.05, 0) is 38.0 Å². The highest BCUT2D eigenvalue weighted by Crippen LogP contribution is 2.48. The normalized spacial score (nSPS) is 40.3. The lowest BCUT2D eigenvalue weighted by molar-refractivity contribution is -0.148. The summed E-state index contributed by atoms with van der Waals surface area (Å²) in [7, 11) is 0. The maximum atomic E-state index is 12.2. The number of rotatable bonds is 3. The molecule has 0 aromatic rings. The molecular weight excluding hydrogens is 218 g/mol. The molecule has 2 fully saturated rings. The number of allylic oxidation sites excluding steroid dienone is 2. The molecule has 17 heavy (non-hydrogen) atoms. The summed E-state index contributed by atoms with van der Waals surface area (Å²) in [5.41, 5.74) is -0.0638. The van der Waals surface area contributed by atoms with Crippen molar-refractivity contribution in [3.63, 3.8) is 0 Å². The van der Waals surface area contributed by atoms with Crippen LogP contribution >= 0.6 is 0 Å². The molecule has 2 saturated carbocycles. The largest absolute Gasteiger partial charge is 0.481 e. The number of carboxylic acid groups (broad SMARTS) is 1. The van der Waals surface area contributed by atoms with E-state index in [1.807, 2.05) is 19.1 Å². The van der Waals surface area contributed by atoms with E-state index in [-0.39, 0.29) is 29.2 Å². The van der Waals surface area contributed by atoms with Crippen LogP contribution in [0.1, 0.15) is 26.2 Å². The van der Waals surface area contributed by atoms with Gasteiger partial charge >= 0.3 is 5.97 Å². The van der Waals surface area contributed by atoms with Gasteiger partial charge in [0.1, 0.15) is 0 Å². The van der Waals surface area contributed by atoms with Gasteiger partial charge in [0.15, 0.2) is 0 Å². The molecule has 0 radical (unpaired) electrons. The third-order valence-electron chi connectivity index (χ3n) is 4.47. The quantitative estimate of drug-likeness (QED) is 0.722. The van der Waals surface area contributed by atoms with Gasteiger partial charge in [-0.25, -0.2) is 0 Å². The zero-order valence-electron chi connectivity index (χ0n) is 9.85. The summed E-state index contributed by atoms with van der Waals surface area (Å²) < 4.78 is 0. The van der Waals surface area contributed by atoms with Gasteiger partial charge in [-0.1, -0.05) is 12.2 Å². The van der Waals surface area contributed by atoms with E-state index in [2.05, 4.69) is 5.32 Å². The second-order valence-electron chi connectivity index (χ2n) is 5.89. The molecule has 0 aliphatic heterocycles. The molecular formula is C13H17NO3. The van der Waals surface area contributed by atoms with Crippen LogP contribution in [0.2, 0.25) is 0 Å². The second-order valence-corrected chi connectivity index (χ2v) is 5.89. The first kappa shape index (κ1) is 10.8. The number of carbonyl (C=O) groups excluding carboxylic acids is 1. The van der Waals surface area contributed by atoms with Crippen LogP contribution in [0.15, 0.2) is 12.2 Å². The Hall–Kier alpha value is -1.32. The molecule has 4 unspecified atom stereocenters. The zero-order chi connectivity index (χ0) is 12.2. The molecule has 2 bridgehead atoms. The summed E-state index contributed by atoms with van der Waals surface area (Å²) in [6.07, 6.45) is 6.82. The molecule has 92 valence electrons. The summed E-state index contributed by atoms with van der Waals surface area (Å²) in [5, 5.41) is 12.3.